The van der Waals surface area contributed by atoms with Crippen LogP contribution in [0, 0.1) is 12.3 Å². The van der Waals surface area contributed by atoms with Crippen molar-refractivity contribution in [3.63, 3.8) is 0 Å². The second-order valence-electron chi connectivity index (χ2n) is 10.3. The first-order valence-electron chi connectivity index (χ1n) is 12.3. The van der Waals surface area contributed by atoms with E-state index in [0.717, 1.165) is 21.7 Å². The van der Waals surface area contributed by atoms with Crippen molar-refractivity contribution in [2.45, 2.75) is 58.8 Å². The van der Waals surface area contributed by atoms with E-state index in [-0.39, 0.29) is 70.0 Å². The zero-order valence-electron chi connectivity index (χ0n) is 22.6. The highest BCUT2D eigenvalue weighted by Gasteiger charge is 2.44. The number of amides is 3. The van der Waals surface area contributed by atoms with Crippen LogP contribution in [-0.4, -0.2) is 77.2 Å². The molecule has 0 aliphatic carbocycles. The first kappa shape index (κ1) is 34.7. The van der Waals surface area contributed by atoms with Gasteiger partial charge in [0.2, 0.25) is 17.7 Å². The van der Waals surface area contributed by atoms with Gasteiger partial charge in [0.05, 0.1) is 28.8 Å². The lowest BCUT2D eigenvalue weighted by Crippen LogP contribution is -2.58. The van der Waals surface area contributed by atoms with Crippen LogP contribution in [0.3, 0.4) is 0 Å². The minimum atomic E-state index is -0.898. The van der Waals surface area contributed by atoms with Crippen molar-refractivity contribution in [3.05, 3.63) is 41.0 Å². The maximum absolute atomic E-state index is 13.5. The Morgan fingerprint density at radius 1 is 1.23 bits per heavy atom. The molecular weight excluding hydrogens is 565 g/mol. The second kappa shape index (κ2) is 15.5. The predicted octanol–water partition coefficient (Wildman–Crippen LogP) is 2.05. The Kier molecular flexibility index (Phi) is 13.8. The third kappa shape index (κ3) is 9.40. The van der Waals surface area contributed by atoms with E-state index in [1.54, 1.807) is 11.3 Å². The van der Waals surface area contributed by atoms with Crippen LogP contribution in [0.15, 0.2) is 29.8 Å². The minimum Gasteiger partial charge on any atom is -0.391 e. The Balaban J connectivity index is 0.00000380. The molecule has 0 bridgehead atoms. The van der Waals surface area contributed by atoms with Crippen LogP contribution in [0.5, 0.6) is 0 Å². The van der Waals surface area contributed by atoms with Gasteiger partial charge in [0.15, 0.2) is 0 Å². The number of rotatable bonds is 10. The standard InChI is InChI=1S/C26H37N5O5S.2ClH/c1-16-22(37-15-29-16)18-7-5-17(6-8-18)12-28-24(34)20-11-19(32)13-31(20)25(35)23(26(2,3)4)30-21(33)14-36-10-9-27;;/h5-8,15,19-20,23,32H,9-14,27H2,1-4H3,(H,28,34)(H,30,33);2*1H. The summed E-state index contributed by atoms with van der Waals surface area (Å²) in [5.74, 6) is -1.21. The number of aromatic nitrogens is 1. The average Bonchev–Trinajstić information content (AvgIpc) is 3.46. The number of benzene rings is 1. The predicted molar refractivity (Wildman–Crippen MR) is 156 cm³/mol. The number of likely N-dealkylation sites (tertiary alicyclic amines) is 1. The number of hydrogen-bond donors (Lipinski definition) is 4. The quantitative estimate of drug-likeness (QED) is 0.304. The summed E-state index contributed by atoms with van der Waals surface area (Å²) in [4.78, 5) is 45.8. The summed E-state index contributed by atoms with van der Waals surface area (Å²) in [6, 6.07) is 6.13. The Morgan fingerprint density at radius 2 is 1.90 bits per heavy atom. The largest absolute Gasteiger partial charge is 0.391 e. The minimum absolute atomic E-state index is 0. The van der Waals surface area contributed by atoms with Gasteiger partial charge in [0.1, 0.15) is 18.7 Å². The Labute approximate surface area is 245 Å². The molecule has 1 aromatic heterocycles. The molecule has 39 heavy (non-hydrogen) atoms. The molecule has 3 rings (SSSR count). The van der Waals surface area contributed by atoms with Crippen molar-refractivity contribution < 1.29 is 24.2 Å². The van der Waals surface area contributed by atoms with Crippen molar-refractivity contribution in [2.75, 3.05) is 26.3 Å². The molecule has 0 saturated carbocycles. The van der Waals surface area contributed by atoms with Crippen molar-refractivity contribution in [2.24, 2.45) is 11.1 Å². The van der Waals surface area contributed by atoms with Crippen LogP contribution in [-0.2, 0) is 25.7 Å². The smallest absolute Gasteiger partial charge is 0.246 e. The number of carbonyl (C=O) groups is 3. The Bertz CT molecular complexity index is 1090. The summed E-state index contributed by atoms with van der Waals surface area (Å²) in [5.41, 5.74) is 9.52. The van der Waals surface area contributed by atoms with Gasteiger partial charge < -0.3 is 31.1 Å². The number of halogens is 2. The van der Waals surface area contributed by atoms with Crippen molar-refractivity contribution in [1.29, 1.82) is 0 Å². The summed E-state index contributed by atoms with van der Waals surface area (Å²) in [6.07, 6.45) is -0.697. The number of β-amino-alcohol motifs (C(OH)–C–C–N with tert-alkyl or cyclic N) is 1. The van der Waals surface area contributed by atoms with Gasteiger partial charge in [-0.15, -0.1) is 36.2 Å². The van der Waals surface area contributed by atoms with Crippen molar-refractivity contribution in [3.8, 4) is 10.4 Å². The molecule has 1 saturated heterocycles. The average molecular weight is 605 g/mol. The van der Waals surface area contributed by atoms with E-state index in [2.05, 4.69) is 15.6 Å². The van der Waals surface area contributed by atoms with E-state index in [1.807, 2.05) is 57.5 Å². The summed E-state index contributed by atoms with van der Waals surface area (Å²) in [5, 5.41) is 15.9. The topological polar surface area (TPSA) is 147 Å². The maximum atomic E-state index is 13.5. The van der Waals surface area contributed by atoms with Gasteiger partial charge in [0, 0.05) is 26.1 Å². The van der Waals surface area contributed by atoms with Crippen molar-refractivity contribution in [1.82, 2.24) is 20.5 Å². The molecule has 0 radical (unpaired) electrons. The fraction of sp³-hybridized carbons (Fsp3) is 0.538. The van der Waals surface area contributed by atoms with Gasteiger partial charge in [-0.1, -0.05) is 45.0 Å². The van der Waals surface area contributed by atoms with Crippen LogP contribution in [0.4, 0.5) is 0 Å². The molecule has 2 heterocycles. The zero-order chi connectivity index (χ0) is 27.2. The number of hydrogen-bond acceptors (Lipinski definition) is 8. The molecule has 3 unspecified atom stereocenters. The third-order valence-corrected chi connectivity index (χ3v) is 7.18. The van der Waals surface area contributed by atoms with Gasteiger partial charge >= 0.3 is 0 Å². The third-order valence-electron chi connectivity index (χ3n) is 6.21. The number of aryl methyl sites for hydroxylation is 1. The SMILES string of the molecule is Cc1ncsc1-c1ccc(CNC(=O)C2CC(O)CN2C(=O)C(NC(=O)COCCN)C(C)(C)C)cc1.Cl.Cl. The number of thiazole rings is 1. The Morgan fingerprint density at radius 3 is 2.46 bits per heavy atom. The molecule has 13 heteroatoms. The maximum Gasteiger partial charge on any atom is 0.246 e. The van der Waals surface area contributed by atoms with E-state index in [4.69, 9.17) is 10.5 Å². The molecule has 1 aromatic carbocycles. The lowest BCUT2D eigenvalue weighted by molar-refractivity contribution is -0.144. The highest BCUT2D eigenvalue weighted by molar-refractivity contribution is 7.13. The van der Waals surface area contributed by atoms with Crippen molar-refractivity contribution >= 4 is 53.9 Å². The fourth-order valence-electron chi connectivity index (χ4n) is 4.23. The number of aliphatic hydroxyl groups excluding tert-OH is 1. The molecule has 3 atom stereocenters. The second-order valence-corrected chi connectivity index (χ2v) is 11.1. The normalized spacial score (nSPS) is 17.5. The van der Waals surface area contributed by atoms with E-state index in [0.29, 0.717) is 0 Å². The van der Waals surface area contributed by atoms with Crippen LogP contribution in [0.1, 0.15) is 38.4 Å². The molecule has 10 nitrogen and oxygen atoms in total. The van der Waals surface area contributed by atoms with E-state index in [1.165, 1.54) is 4.90 Å². The fourth-order valence-corrected chi connectivity index (χ4v) is 5.04. The summed E-state index contributed by atoms with van der Waals surface area (Å²) in [6.45, 7) is 8.06. The van der Waals surface area contributed by atoms with Gasteiger partial charge in [-0.3, -0.25) is 14.4 Å². The molecule has 1 aliphatic heterocycles. The first-order chi connectivity index (χ1) is 17.5. The van der Waals surface area contributed by atoms with Crippen LogP contribution >= 0.6 is 36.2 Å². The molecule has 1 aliphatic rings. The summed E-state index contributed by atoms with van der Waals surface area (Å²) in [7, 11) is 0. The molecule has 1 fully saturated rings. The van der Waals surface area contributed by atoms with Crippen LogP contribution in [0.25, 0.3) is 10.4 Å². The zero-order valence-corrected chi connectivity index (χ0v) is 25.1. The number of nitrogens with one attached hydrogen (secondary N) is 2. The number of ether oxygens (including phenoxy) is 1. The highest BCUT2D eigenvalue weighted by Crippen LogP contribution is 2.28. The van der Waals surface area contributed by atoms with Crippen LogP contribution < -0.4 is 16.4 Å². The monoisotopic (exact) mass is 603 g/mol. The van der Waals surface area contributed by atoms with Gasteiger partial charge in [0.25, 0.3) is 0 Å². The lowest BCUT2D eigenvalue weighted by Gasteiger charge is -2.35. The van der Waals surface area contributed by atoms with E-state index >= 15 is 0 Å². The number of nitrogens with zero attached hydrogens (tertiary/aromatic N) is 2. The van der Waals surface area contributed by atoms with Crippen LogP contribution in [0.2, 0.25) is 0 Å². The molecule has 5 N–H and O–H groups in total. The highest BCUT2D eigenvalue weighted by atomic mass is 35.5. The summed E-state index contributed by atoms with van der Waals surface area (Å²) >= 11 is 1.58. The molecular formula is C26H39Cl2N5O5S. The van der Waals surface area contributed by atoms with Gasteiger partial charge in [-0.05, 0) is 23.5 Å². The summed E-state index contributed by atoms with van der Waals surface area (Å²) < 4.78 is 5.18. The molecule has 218 valence electrons. The van der Waals surface area contributed by atoms with Gasteiger partial charge in [-0.2, -0.15) is 0 Å². The molecule has 3 amide bonds. The van der Waals surface area contributed by atoms with E-state index in [9.17, 15) is 19.5 Å². The molecule has 0 spiro atoms. The number of aliphatic hydroxyl groups is 1. The van der Waals surface area contributed by atoms with E-state index < -0.39 is 35.4 Å². The number of carbonyl (C=O) groups excluding carboxylic acids is 3. The van der Waals surface area contributed by atoms with Gasteiger partial charge in [-0.25, -0.2) is 4.98 Å². The Hall–Kier alpha value is -2.28. The lowest BCUT2D eigenvalue weighted by atomic mass is 9.85. The first-order valence-corrected chi connectivity index (χ1v) is 13.2. The molecule has 2 aromatic rings. The number of nitrogens with two attached hydrogens (primary N) is 1.